The maximum absolute atomic E-state index is 14.1. The molecule has 2 aliphatic heterocycles. The van der Waals surface area contributed by atoms with Gasteiger partial charge in [-0.3, -0.25) is 19.3 Å². The van der Waals surface area contributed by atoms with Crippen LogP contribution in [0.25, 0.3) is 0 Å². The Kier molecular flexibility index (Phi) is 9.92. The van der Waals surface area contributed by atoms with Gasteiger partial charge in [0.05, 0.1) is 12.3 Å². The number of aliphatic hydroxyl groups is 2. The number of carbonyl (C=O) groups is 3. The normalized spacial score (nSPS) is 19.5. The summed E-state index contributed by atoms with van der Waals surface area (Å²) in [6.07, 6.45) is 7.77. The van der Waals surface area contributed by atoms with Gasteiger partial charge < -0.3 is 20.0 Å². The lowest BCUT2D eigenvalue weighted by Crippen LogP contribution is -2.43. The Hall–Kier alpha value is -4.27. The fourth-order valence-corrected chi connectivity index (χ4v) is 6.15. The van der Waals surface area contributed by atoms with E-state index in [-0.39, 0.29) is 31.4 Å². The minimum atomic E-state index is -1.92. The number of fused-ring (bicyclic) bond motifs is 1. The van der Waals surface area contributed by atoms with E-state index in [9.17, 15) is 24.6 Å². The van der Waals surface area contributed by atoms with E-state index >= 15 is 0 Å². The second-order valence-corrected chi connectivity index (χ2v) is 11.6. The Morgan fingerprint density at radius 1 is 0.955 bits per heavy atom. The molecule has 3 aromatic rings. The SMILES string of the molecule is C[C@@H](/C=C/CC(=O)N(CCO)Cc1ccccc1)[C@]1(O)C(=O)N(c2ccccc2)c2ccc(N3CCCCCCC3=O)cc21. The van der Waals surface area contributed by atoms with Gasteiger partial charge in [-0.25, -0.2) is 0 Å². The van der Waals surface area contributed by atoms with Crippen molar-refractivity contribution in [3.63, 3.8) is 0 Å². The van der Waals surface area contributed by atoms with Gasteiger partial charge in [-0.05, 0) is 48.7 Å². The molecular formula is C36H41N3O5. The molecule has 3 amide bonds. The molecule has 0 saturated carbocycles. The van der Waals surface area contributed by atoms with Crippen LogP contribution in [0.5, 0.6) is 0 Å². The van der Waals surface area contributed by atoms with E-state index in [1.807, 2.05) is 72.8 Å². The molecule has 1 saturated heterocycles. The lowest BCUT2D eigenvalue weighted by molar-refractivity contribution is -0.138. The van der Waals surface area contributed by atoms with Gasteiger partial charge in [0.2, 0.25) is 11.8 Å². The Morgan fingerprint density at radius 3 is 2.39 bits per heavy atom. The highest BCUT2D eigenvalue weighted by atomic mass is 16.3. The molecule has 0 unspecified atom stereocenters. The van der Waals surface area contributed by atoms with Crippen molar-refractivity contribution in [2.75, 3.05) is 29.5 Å². The average molecular weight is 596 g/mol. The maximum Gasteiger partial charge on any atom is 0.268 e. The zero-order chi connectivity index (χ0) is 31.1. The van der Waals surface area contributed by atoms with Crippen molar-refractivity contribution in [3.05, 3.63) is 102 Å². The van der Waals surface area contributed by atoms with Crippen molar-refractivity contribution < 1.29 is 24.6 Å². The molecule has 8 nitrogen and oxygen atoms in total. The summed E-state index contributed by atoms with van der Waals surface area (Å²) in [5.74, 6) is -1.29. The molecule has 2 atom stereocenters. The molecule has 0 radical (unpaired) electrons. The van der Waals surface area contributed by atoms with Gasteiger partial charge in [0, 0.05) is 55.3 Å². The van der Waals surface area contributed by atoms with Gasteiger partial charge in [0.15, 0.2) is 5.60 Å². The van der Waals surface area contributed by atoms with Crippen LogP contribution in [0.3, 0.4) is 0 Å². The lowest BCUT2D eigenvalue weighted by Gasteiger charge is -2.29. The molecule has 2 heterocycles. The highest BCUT2D eigenvalue weighted by Crippen LogP contribution is 2.49. The number of anilines is 3. The van der Waals surface area contributed by atoms with Crippen molar-refractivity contribution in [2.45, 2.75) is 57.6 Å². The number of nitrogens with zero attached hydrogens (tertiary/aromatic N) is 3. The van der Waals surface area contributed by atoms with Crippen LogP contribution in [0.2, 0.25) is 0 Å². The average Bonchev–Trinajstić information content (AvgIpc) is 3.26. The number of carbonyl (C=O) groups excluding carboxylic acids is 3. The number of para-hydroxylation sites is 1. The van der Waals surface area contributed by atoms with Crippen molar-refractivity contribution in [3.8, 4) is 0 Å². The molecule has 0 spiro atoms. The quantitative estimate of drug-likeness (QED) is 0.304. The number of hydrogen-bond donors (Lipinski definition) is 2. The molecule has 2 aliphatic rings. The first-order valence-electron chi connectivity index (χ1n) is 15.5. The fourth-order valence-electron chi connectivity index (χ4n) is 6.15. The summed E-state index contributed by atoms with van der Waals surface area (Å²) >= 11 is 0. The molecule has 5 rings (SSSR count). The summed E-state index contributed by atoms with van der Waals surface area (Å²) in [7, 11) is 0. The van der Waals surface area contributed by atoms with Gasteiger partial charge in [-0.15, -0.1) is 0 Å². The largest absolute Gasteiger partial charge is 0.395 e. The first kappa shape index (κ1) is 31.2. The monoisotopic (exact) mass is 595 g/mol. The van der Waals surface area contributed by atoms with Crippen LogP contribution in [0.4, 0.5) is 17.1 Å². The molecular weight excluding hydrogens is 554 g/mol. The van der Waals surface area contributed by atoms with Crippen LogP contribution in [-0.2, 0) is 26.5 Å². The summed E-state index contributed by atoms with van der Waals surface area (Å²) in [6.45, 7) is 2.79. The van der Waals surface area contributed by atoms with Crippen LogP contribution in [0, 0.1) is 5.92 Å². The first-order chi connectivity index (χ1) is 21.3. The molecule has 1 fully saturated rings. The number of rotatable bonds is 10. The minimum Gasteiger partial charge on any atom is -0.395 e. The van der Waals surface area contributed by atoms with Crippen LogP contribution < -0.4 is 9.80 Å². The highest BCUT2D eigenvalue weighted by molar-refractivity contribution is 6.12. The smallest absolute Gasteiger partial charge is 0.268 e. The highest BCUT2D eigenvalue weighted by Gasteiger charge is 2.53. The summed E-state index contributed by atoms with van der Waals surface area (Å²) in [6, 6.07) is 24.2. The third-order valence-corrected chi connectivity index (χ3v) is 8.63. The summed E-state index contributed by atoms with van der Waals surface area (Å²) in [5, 5.41) is 21.8. The van der Waals surface area contributed by atoms with E-state index in [2.05, 4.69) is 0 Å². The topological polar surface area (TPSA) is 101 Å². The Morgan fingerprint density at radius 2 is 1.66 bits per heavy atom. The molecule has 0 aliphatic carbocycles. The Labute approximate surface area is 259 Å². The molecule has 0 aromatic heterocycles. The van der Waals surface area contributed by atoms with Crippen LogP contribution in [0.1, 0.15) is 56.6 Å². The second kappa shape index (κ2) is 14.0. The molecule has 2 N–H and O–H groups in total. The van der Waals surface area contributed by atoms with Gasteiger partial charge in [-0.1, -0.05) is 80.4 Å². The number of amides is 3. The number of benzene rings is 3. The van der Waals surface area contributed by atoms with Gasteiger partial charge >= 0.3 is 0 Å². The van der Waals surface area contributed by atoms with Crippen molar-refractivity contribution in [1.29, 1.82) is 0 Å². The number of hydrogen-bond acceptors (Lipinski definition) is 5. The predicted octanol–water partition coefficient (Wildman–Crippen LogP) is 5.45. The third-order valence-electron chi connectivity index (χ3n) is 8.63. The minimum absolute atomic E-state index is 0.0480. The fraction of sp³-hybridized carbons (Fsp3) is 0.361. The zero-order valence-electron chi connectivity index (χ0n) is 25.3. The van der Waals surface area contributed by atoms with Gasteiger partial charge in [0.1, 0.15) is 0 Å². The molecule has 0 bridgehead atoms. The van der Waals surface area contributed by atoms with Crippen molar-refractivity contribution >= 4 is 34.8 Å². The van der Waals surface area contributed by atoms with E-state index < -0.39 is 17.4 Å². The molecule has 8 heteroatoms. The van der Waals surface area contributed by atoms with E-state index in [0.29, 0.717) is 42.1 Å². The summed E-state index contributed by atoms with van der Waals surface area (Å²) in [4.78, 5) is 45.2. The lowest BCUT2D eigenvalue weighted by atomic mass is 9.82. The zero-order valence-corrected chi connectivity index (χ0v) is 25.3. The van der Waals surface area contributed by atoms with Gasteiger partial charge in [0.25, 0.3) is 5.91 Å². The van der Waals surface area contributed by atoms with E-state index in [1.165, 1.54) is 4.90 Å². The third kappa shape index (κ3) is 6.47. The van der Waals surface area contributed by atoms with Crippen LogP contribution in [0.15, 0.2) is 91.0 Å². The van der Waals surface area contributed by atoms with Crippen LogP contribution >= 0.6 is 0 Å². The Bertz CT molecular complexity index is 1490. The standard InChI is InChI=1S/C36H41N3O5/c1-27(13-12-19-33(41)37(23-24-40)26-28-14-6-4-7-15-28)36(44)31-25-30(38-22-11-3-2-10-18-34(38)42)20-21-32(31)39(35(36)43)29-16-8-5-9-17-29/h4-9,12-17,20-21,25,27,40,44H,2-3,10-11,18-19,22-24,26H2,1H3/b13-12+/t27-,36+/m0/s1. The molecule has 230 valence electrons. The van der Waals surface area contributed by atoms with E-state index in [1.54, 1.807) is 34.9 Å². The second-order valence-electron chi connectivity index (χ2n) is 11.6. The molecule has 44 heavy (non-hydrogen) atoms. The van der Waals surface area contributed by atoms with E-state index in [4.69, 9.17) is 0 Å². The predicted molar refractivity (Wildman–Crippen MR) is 171 cm³/mol. The molecule has 3 aromatic carbocycles. The number of aliphatic hydroxyl groups excluding tert-OH is 1. The van der Waals surface area contributed by atoms with E-state index in [0.717, 1.165) is 31.2 Å². The summed E-state index contributed by atoms with van der Waals surface area (Å²) < 4.78 is 0. The first-order valence-corrected chi connectivity index (χ1v) is 15.5. The van der Waals surface area contributed by atoms with Gasteiger partial charge in [-0.2, -0.15) is 0 Å². The Balaban J connectivity index is 1.43. The van der Waals surface area contributed by atoms with Crippen molar-refractivity contribution in [1.82, 2.24) is 4.90 Å². The van der Waals surface area contributed by atoms with Crippen LogP contribution in [-0.4, -0.2) is 52.5 Å². The maximum atomic E-state index is 14.1. The summed E-state index contributed by atoms with van der Waals surface area (Å²) in [5.41, 5.74) is 1.36. The van der Waals surface area contributed by atoms with Crippen molar-refractivity contribution in [2.24, 2.45) is 5.92 Å².